The van der Waals surface area contributed by atoms with Gasteiger partial charge in [-0.1, -0.05) is 38.3 Å². The maximum atomic E-state index is 12.3. The Morgan fingerprint density at radius 3 is 2.61 bits per heavy atom. The number of carbonyl (C=O) groups excluding carboxylic acids is 1. The normalized spacial score (nSPS) is 43.2. The number of aliphatic hydroxyl groups is 2. The van der Waals surface area contributed by atoms with Crippen LogP contribution in [-0.2, 0) is 9.53 Å². The van der Waals surface area contributed by atoms with Crippen molar-refractivity contribution in [1.29, 1.82) is 0 Å². The van der Waals surface area contributed by atoms with Gasteiger partial charge in [-0.15, -0.1) is 0 Å². The van der Waals surface area contributed by atoms with Crippen molar-refractivity contribution in [3.8, 4) is 0 Å². The van der Waals surface area contributed by atoms with Gasteiger partial charge in [-0.25, -0.2) is 0 Å². The van der Waals surface area contributed by atoms with Crippen molar-refractivity contribution in [3.05, 3.63) is 12.2 Å². The van der Waals surface area contributed by atoms with Gasteiger partial charge in [-0.3, -0.25) is 4.79 Å². The van der Waals surface area contributed by atoms with Gasteiger partial charge in [0.25, 0.3) is 0 Å². The summed E-state index contributed by atoms with van der Waals surface area (Å²) in [4.78, 5) is 12.3. The number of carbonyl (C=O) groups is 1. The fraction of sp³-hybridized carbons (Fsp3) is 0.842. The Hall–Kier alpha value is -0.710. The van der Waals surface area contributed by atoms with Crippen LogP contribution in [0, 0.1) is 23.7 Å². The van der Waals surface area contributed by atoms with Crippen LogP contribution in [0.15, 0.2) is 12.2 Å². The van der Waals surface area contributed by atoms with Gasteiger partial charge < -0.3 is 14.9 Å². The largest absolute Gasteiger partial charge is 0.393 e. The van der Waals surface area contributed by atoms with Gasteiger partial charge in [-0.05, 0) is 31.6 Å². The molecule has 0 aromatic heterocycles. The van der Waals surface area contributed by atoms with Gasteiger partial charge in [0.15, 0.2) is 5.78 Å². The first-order valence-electron chi connectivity index (χ1n) is 9.15. The number of hydrogen-bond acceptors (Lipinski definition) is 4. The first-order chi connectivity index (χ1) is 11.0. The Bertz CT molecular complexity index is 468. The minimum absolute atomic E-state index is 0.0264. The summed E-state index contributed by atoms with van der Waals surface area (Å²) in [5.41, 5.74) is -0.705. The molecule has 0 aromatic carbocycles. The Kier molecular flexibility index (Phi) is 4.96. The fourth-order valence-electron chi connectivity index (χ4n) is 5.21. The number of rotatable bonds is 4. The number of ether oxygens (including phenoxy) is 1. The Morgan fingerprint density at radius 1 is 1.26 bits per heavy atom. The molecule has 0 aromatic rings. The molecule has 1 unspecified atom stereocenters. The molecule has 3 aliphatic carbocycles. The Labute approximate surface area is 138 Å². The zero-order valence-electron chi connectivity index (χ0n) is 14.3. The summed E-state index contributed by atoms with van der Waals surface area (Å²) in [6.07, 6.45) is 9.96. The summed E-state index contributed by atoms with van der Waals surface area (Å²) in [6, 6.07) is 0. The second-order valence-corrected chi connectivity index (χ2v) is 7.73. The highest BCUT2D eigenvalue weighted by Crippen LogP contribution is 2.54. The molecule has 130 valence electrons. The second-order valence-electron chi connectivity index (χ2n) is 7.73. The van der Waals surface area contributed by atoms with Gasteiger partial charge in [0.05, 0.1) is 12.2 Å². The molecule has 0 spiro atoms. The van der Waals surface area contributed by atoms with Crippen LogP contribution in [-0.4, -0.2) is 40.9 Å². The first kappa shape index (κ1) is 17.1. The van der Waals surface area contributed by atoms with Crippen LogP contribution in [0.5, 0.6) is 0 Å². The van der Waals surface area contributed by atoms with E-state index in [1.165, 1.54) is 19.3 Å². The molecular formula is C19H30O4. The molecule has 0 heterocycles. The highest BCUT2D eigenvalue weighted by atomic mass is 16.5. The molecule has 3 saturated carbocycles. The molecule has 2 N–H and O–H groups in total. The zero-order chi connectivity index (χ0) is 16.6. The summed E-state index contributed by atoms with van der Waals surface area (Å²) in [5, 5.41) is 20.9. The molecule has 0 amide bonds. The molecule has 0 aliphatic heterocycles. The van der Waals surface area contributed by atoms with Gasteiger partial charge >= 0.3 is 0 Å². The van der Waals surface area contributed by atoms with Crippen LogP contribution in [0.1, 0.15) is 51.9 Å². The summed E-state index contributed by atoms with van der Waals surface area (Å²) in [5.74, 6) is 0.357. The van der Waals surface area contributed by atoms with E-state index in [1.54, 1.807) is 7.11 Å². The molecule has 23 heavy (non-hydrogen) atoms. The molecule has 6 atom stereocenters. The first-order valence-corrected chi connectivity index (χ1v) is 9.15. The van der Waals surface area contributed by atoms with E-state index in [-0.39, 0.29) is 23.5 Å². The van der Waals surface area contributed by atoms with Crippen LogP contribution in [0.25, 0.3) is 0 Å². The number of Topliss-reactive ketones (excluding diaryl/α,β-unsaturated/α-hetero) is 1. The molecule has 0 radical (unpaired) electrons. The van der Waals surface area contributed by atoms with Crippen LogP contribution >= 0.6 is 0 Å². The van der Waals surface area contributed by atoms with Crippen LogP contribution in [0.2, 0.25) is 0 Å². The topological polar surface area (TPSA) is 66.8 Å². The molecular weight excluding hydrogens is 292 g/mol. The van der Waals surface area contributed by atoms with Gasteiger partial charge in [0.1, 0.15) is 5.60 Å². The molecule has 0 bridgehead atoms. The maximum Gasteiger partial charge on any atom is 0.168 e. The van der Waals surface area contributed by atoms with Crippen LogP contribution in [0.3, 0.4) is 0 Å². The Morgan fingerprint density at radius 2 is 1.96 bits per heavy atom. The summed E-state index contributed by atoms with van der Waals surface area (Å²) in [6.45, 7) is 1.93. The fourth-order valence-corrected chi connectivity index (χ4v) is 5.21. The van der Waals surface area contributed by atoms with Crippen molar-refractivity contribution in [2.75, 3.05) is 7.11 Å². The van der Waals surface area contributed by atoms with Gasteiger partial charge in [-0.2, -0.15) is 0 Å². The predicted molar refractivity (Wildman–Crippen MR) is 87.9 cm³/mol. The number of fused-ring (bicyclic) bond motifs is 1. The van der Waals surface area contributed by atoms with E-state index in [4.69, 9.17) is 4.74 Å². The molecule has 3 aliphatic rings. The Balaban J connectivity index is 1.72. The van der Waals surface area contributed by atoms with E-state index in [1.807, 2.05) is 19.1 Å². The summed E-state index contributed by atoms with van der Waals surface area (Å²) >= 11 is 0. The maximum absolute atomic E-state index is 12.3. The molecule has 0 saturated heterocycles. The number of hydrogen-bond donors (Lipinski definition) is 2. The van der Waals surface area contributed by atoms with Gasteiger partial charge in [0.2, 0.25) is 0 Å². The van der Waals surface area contributed by atoms with Crippen molar-refractivity contribution < 1.29 is 19.7 Å². The van der Waals surface area contributed by atoms with Gasteiger partial charge in [0, 0.05) is 24.9 Å². The third kappa shape index (κ3) is 2.79. The highest BCUT2D eigenvalue weighted by Gasteiger charge is 2.65. The number of aliphatic hydroxyl groups excluding tert-OH is 2. The lowest BCUT2D eigenvalue weighted by molar-refractivity contribution is -0.206. The molecule has 4 nitrogen and oxygen atoms in total. The molecule has 3 rings (SSSR count). The SMILES string of the molecule is CO[C@@]12CC[C@H](O)[C@@H](C=C[C@@H](O)C3CCCCC3)[C@@H]1C(C)C2=O. The third-order valence-electron chi connectivity index (χ3n) is 6.61. The van der Waals surface area contributed by atoms with Crippen LogP contribution in [0.4, 0.5) is 0 Å². The van der Waals surface area contributed by atoms with Crippen LogP contribution < -0.4 is 0 Å². The van der Waals surface area contributed by atoms with E-state index in [0.29, 0.717) is 18.8 Å². The lowest BCUT2D eigenvalue weighted by Gasteiger charge is -2.57. The smallest absolute Gasteiger partial charge is 0.168 e. The summed E-state index contributed by atoms with van der Waals surface area (Å²) < 4.78 is 5.61. The lowest BCUT2D eigenvalue weighted by Crippen LogP contribution is -2.69. The second kappa shape index (κ2) is 6.66. The monoisotopic (exact) mass is 322 g/mol. The van der Waals surface area contributed by atoms with Crippen molar-refractivity contribution in [3.63, 3.8) is 0 Å². The quantitative estimate of drug-likeness (QED) is 0.780. The van der Waals surface area contributed by atoms with E-state index in [0.717, 1.165) is 12.8 Å². The summed E-state index contributed by atoms with van der Waals surface area (Å²) in [7, 11) is 1.60. The molecule has 4 heteroatoms. The van der Waals surface area contributed by atoms with E-state index in [2.05, 4.69) is 0 Å². The molecule has 3 fully saturated rings. The van der Waals surface area contributed by atoms with Crippen molar-refractivity contribution >= 4 is 5.78 Å². The van der Waals surface area contributed by atoms with E-state index < -0.39 is 17.8 Å². The third-order valence-corrected chi connectivity index (χ3v) is 6.61. The van der Waals surface area contributed by atoms with E-state index in [9.17, 15) is 15.0 Å². The predicted octanol–water partition coefficient (Wildman–Crippen LogP) is 2.47. The van der Waals surface area contributed by atoms with Crippen molar-refractivity contribution in [1.82, 2.24) is 0 Å². The highest BCUT2D eigenvalue weighted by molar-refractivity contribution is 5.96. The van der Waals surface area contributed by atoms with Crippen molar-refractivity contribution in [2.45, 2.75) is 69.7 Å². The lowest BCUT2D eigenvalue weighted by atomic mass is 9.50. The standard InChI is InChI=1S/C19H30O4/c1-12-17-14(8-9-15(20)13-6-4-3-5-7-13)16(21)10-11-19(17,23-2)18(12)22/h8-9,12-17,20-21H,3-7,10-11H2,1-2H3/t12?,14-,15-,16+,17+,19+/m1/s1. The number of ketones is 1. The average Bonchev–Trinajstić information content (AvgIpc) is 2.60. The average molecular weight is 322 g/mol. The number of methoxy groups -OCH3 is 1. The van der Waals surface area contributed by atoms with E-state index >= 15 is 0 Å². The minimum Gasteiger partial charge on any atom is -0.393 e. The zero-order valence-corrected chi connectivity index (χ0v) is 14.3. The minimum atomic E-state index is -0.705. The van der Waals surface area contributed by atoms with Crippen molar-refractivity contribution in [2.24, 2.45) is 23.7 Å².